The molecule has 0 amide bonds. The van der Waals surface area contributed by atoms with E-state index >= 15 is 0 Å². The molecule has 2 fully saturated rings. The van der Waals surface area contributed by atoms with Crippen LogP contribution >= 0.6 is 23.2 Å². The molecule has 0 spiro atoms. The van der Waals surface area contributed by atoms with E-state index in [1.54, 1.807) is 18.2 Å². The third-order valence-electron chi connectivity index (χ3n) is 4.83. The Morgan fingerprint density at radius 1 is 1.15 bits per heavy atom. The summed E-state index contributed by atoms with van der Waals surface area (Å²) in [5.74, 6) is 0. The zero-order valence-corrected chi connectivity index (χ0v) is 17.5. The number of halogens is 2. The van der Waals surface area contributed by atoms with E-state index < -0.39 is 55.5 Å². The van der Waals surface area contributed by atoms with E-state index in [0.717, 1.165) is 0 Å². The average Bonchev–Trinajstić information content (AvgIpc) is 2.90. The van der Waals surface area contributed by atoms with Crippen LogP contribution in [-0.2, 0) is 9.47 Å². The Morgan fingerprint density at radius 2 is 1.89 bits per heavy atom. The molecule has 0 saturated carbocycles. The summed E-state index contributed by atoms with van der Waals surface area (Å²) < 4.78 is 11.3. The van der Waals surface area contributed by atoms with Crippen LogP contribution in [0.4, 0.5) is 0 Å². The molecule has 0 radical (unpaired) electrons. The van der Waals surface area contributed by atoms with Crippen molar-refractivity contribution in [1.29, 1.82) is 0 Å². The van der Waals surface area contributed by atoms with Gasteiger partial charge in [-0.1, -0.05) is 0 Å². The SMILES string of the molecule is OC[C@@H]1[C@@H](O)[C@H](O)C[Se+]1C[C@@H](O)[C@H]1OC(c2ccc(Cl)c(Cl)c2)OC[C@H]1O. The Labute approximate surface area is 171 Å². The fourth-order valence-electron chi connectivity index (χ4n) is 3.34. The Hall–Kier alpha value is 0.0395. The van der Waals surface area contributed by atoms with Crippen molar-refractivity contribution in [1.82, 2.24) is 0 Å². The van der Waals surface area contributed by atoms with Gasteiger partial charge < -0.3 is 0 Å². The molecule has 0 aliphatic carbocycles. The van der Waals surface area contributed by atoms with Gasteiger partial charge in [-0.25, -0.2) is 0 Å². The summed E-state index contributed by atoms with van der Waals surface area (Å²) >= 11 is 10.3. The van der Waals surface area contributed by atoms with Gasteiger partial charge in [-0.3, -0.25) is 0 Å². The maximum atomic E-state index is 10.7. The van der Waals surface area contributed by atoms with Gasteiger partial charge in [-0.2, -0.15) is 0 Å². The predicted molar refractivity (Wildman–Crippen MR) is 100 cm³/mol. The number of benzene rings is 1. The van der Waals surface area contributed by atoms with Crippen LogP contribution in [0.3, 0.4) is 0 Å². The molecule has 2 aliphatic rings. The second-order valence-electron chi connectivity index (χ2n) is 6.72. The molecule has 3 rings (SSSR count). The fourth-order valence-corrected chi connectivity index (χ4v) is 9.27. The van der Waals surface area contributed by atoms with Gasteiger partial charge in [-0.05, 0) is 0 Å². The van der Waals surface area contributed by atoms with E-state index in [2.05, 4.69) is 0 Å². The van der Waals surface area contributed by atoms with Crippen molar-refractivity contribution in [3.8, 4) is 0 Å². The van der Waals surface area contributed by atoms with Gasteiger partial charge in [0.1, 0.15) is 0 Å². The minimum atomic E-state index is -1.69. The van der Waals surface area contributed by atoms with Crippen LogP contribution in [0.2, 0.25) is 25.5 Å². The van der Waals surface area contributed by atoms with Gasteiger partial charge in [0.25, 0.3) is 0 Å². The Morgan fingerprint density at radius 3 is 2.56 bits per heavy atom. The van der Waals surface area contributed by atoms with Crippen LogP contribution in [0, 0.1) is 0 Å². The first-order valence-corrected chi connectivity index (χ1v) is 12.7. The molecule has 8 atom stereocenters. The van der Waals surface area contributed by atoms with Gasteiger partial charge in [-0.15, -0.1) is 0 Å². The molecular weight excluding hydrogens is 466 g/mol. The summed E-state index contributed by atoms with van der Waals surface area (Å²) in [5.41, 5.74) is 0.615. The van der Waals surface area contributed by atoms with Crippen LogP contribution in [0.1, 0.15) is 11.9 Å². The molecule has 0 aromatic heterocycles. The summed E-state index contributed by atoms with van der Waals surface area (Å²) in [6.07, 6.45) is -5.59. The number of rotatable bonds is 5. The molecular formula is C17H23Cl2O7Se+. The molecule has 0 bridgehead atoms. The molecule has 152 valence electrons. The summed E-state index contributed by atoms with van der Waals surface area (Å²) in [7, 11) is 0. The summed E-state index contributed by atoms with van der Waals surface area (Å²) in [4.78, 5) is -0.405. The first-order chi connectivity index (χ1) is 12.8. The first kappa shape index (κ1) is 21.7. The number of hydrogen-bond donors (Lipinski definition) is 5. The van der Waals surface area contributed by atoms with Crippen molar-refractivity contribution in [3.63, 3.8) is 0 Å². The van der Waals surface area contributed by atoms with E-state index in [-0.39, 0.29) is 18.5 Å². The van der Waals surface area contributed by atoms with Crippen molar-refractivity contribution >= 4 is 37.1 Å². The van der Waals surface area contributed by atoms with Crippen LogP contribution in [0.25, 0.3) is 0 Å². The fraction of sp³-hybridized carbons (Fsp3) is 0.647. The minimum absolute atomic E-state index is 0.0218. The number of hydrogen-bond acceptors (Lipinski definition) is 7. The molecule has 2 unspecified atom stereocenters. The Kier molecular flexibility index (Phi) is 7.44. The number of aliphatic hydroxyl groups is 5. The van der Waals surface area contributed by atoms with E-state index in [0.29, 0.717) is 20.9 Å². The van der Waals surface area contributed by atoms with Gasteiger partial charge in [0.15, 0.2) is 0 Å². The van der Waals surface area contributed by atoms with Crippen molar-refractivity contribution in [2.75, 3.05) is 13.2 Å². The molecule has 2 heterocycles. The predicted octanol–water partition coefficient (Wildman–Crippen LogP) is 0.722. The van der Waals surface area contributed by atoms with Crippen LogP contribution in [0.15, 0.2) is 18.2 Å². The topological polar surface area (TPSA) is 120 Å². The maximum absolute atomic E-state index is 10.7. The third-order valence-corrected chi connectivity index (χ3v) is 11.5. The van der Waals surface area contributed by atoms with Crippen LogP contribution in [0.5, 0.6) is 0 Å². The van der Waals surface area contributed by atoms with Gasteiger partial charge in [0, 0.05) is 0 Å². The Balaban J connectivity index is 1.68. The zero-order valence-electron chi connectivity index (χ0n) is 14.3. The molecule has 5 N–H and O–H groups in total. The average molecular weight is 489 g/mol. The van der Waals surface area contributed by atoms with Gasteiger partial charge in [0.05, 0.1) is 0 Å². The first-order valence-electron chi connectivity index (χ1n) is 8.53. The van der Waals surface area contributed by atoms with Crippen LogP contribution in [-0.4, -0.2) is 83.2 Å². The van der Waals surface area contributed by atoms with Crippen molar-refractivity contribution in [3.05, 3.63) is 33.8 Å². The second kappa shape index (κ2) is 9.24. The van der Waals surface area contributed by atoms with Crippen LogP contribution < -0.4 is 0 Å². The molecule has 1 aromatic carbocycles. The monoisotopic (exact) mass is 489 g/mol. The van der Waals surface area contributed by atoms with E-state index in [1.165, 1.54) is 0 Å². The molecule has 2 aliphatic heterocycles. The van der Waals surface area contributed by atoms with Crippen molar-refractivity contribution in [2.24, 2.45) is 0 Å². The molecule has 27 heavy (non-hydrogen) atoms. The Bertz CT molecular complexity index is 652. The summed E-state index contributed by atoms with van der Waals surface area (Å²) in [6.45, 7) is -0.259. The summed E-state index contributed by atoms with van der Waals surface area (Å²) in [6, 6.07) is 4.91. The molecule has 2 saturated heterocycles. The second-order valence-corrected chi connectivity index (χ2v) is 12.5. The van der Waals surface area contributed by atoms with Crippen molar-refractivity contribution < 1.29 is 35.0 Å². The van der Waals surface area contributed by atoms with E-state index in [4.69, 9.17) is 32.7 Å². The van der Waals surface area contributed by atoms with Gasteiger partial charge in [0.2, 0.25) is 0 Å². The van der Waals surface area contributed by atoms with Crippen molar-refractivity contribution in [2.45, 2.75) is 52.3 Å². The normalized spacial score (nSPS) is 38.1. The molecule has 10 heteroatoms. The zero-order chi connectivity index (χ0) is 19.7. The van der Waals surface area contributed by atoms with E-state index in [1.807, 2.05) is 0 Å². The number of aliphatic hydroxyl groups excluding tert-OH is 5. The third kappa shape index (κ3) is 4.79. The van der Waals surface area contributed by atoms with Gasteiger partial charge >= 0.3 is 171 Å². The molecule has 7 nitrogen and oxygen atoms in total. The number of ether oxygens (including phenoxy) is 2. The van der Waals surface area contributed by atoms with E-state index in [9.17, 15) is 25.5 Å². The summed E-state index contributed by atoms with van der Waals surface area (Å²) in [5, 5.41) is 51.6. The quantitative estimate of drug-likeness (QED) is 0.387. The standard InChI is InChI=1S/C17H23Cl2O7Se/c18-9-2-1-8(3-10(9)19)17-25-5-11(21)16(26-17)13(23)7-27-6-12(22)15(24)14(27)4-20/h1-3,11-17,20-24H,4-7H2/q+1/t11-,12-,13-,14-,15+,16+,17?,27?/m1/s1. The molecule has 1 aromatic rings.